The SMILES string of the molecule is COc1ccc([N+](=O)[O-])cc1NC(=O)CNc1ccc(F)cc1Cl. The molecule has 2 rings (SSSR count). The number of ether oxygens (including phenoxy) is 1. The van der Waals surface area contributed by atoms with Gasteiger partial charge in [-0.15, -0.1) is 0 Å². The van der Waals surface area contributed by atoms with Crippen molar-refractivity contribution in [3.05, 3.63) is 57.4 Å². The van der Waals surface area contributed by atoms with Crippen LogP contribution in [-0.2, 0) is 4.79 Å². The number of nitro groups is 1. The molecule has 2 N–H and O–H groups in total. The highest BCUT2D eigenvalue weighted by Gasteiger charge is 2.14. The van der Waals surface area contributed by atoms with Gasteiger partial charge in [-0.2, -0.15) is 0 Å². The monoisotopic (exact) mass is 353 g/mol. The highest BCUT2D eigenvalue weighted by molar-refractivity contribution is 6.33. The number of nitro benzene ring substituents is 1. The summed E-state index contributed by atoms with van der Waals surface area (Å²) in [7, 11) is 1.38. The Labute approximate surface area is 141 Å². The number of halogens is 2. The van der Waals surface area contributed by atoms with Gasteiger partial charge in [0.05, 0.1) is 35.0 Å². The molecular weight excluding hydrogens is 341 g/mol. The summed E-state index contributed by atoms with van der Waals surface area (Å²) < 4.78 is 18.0. The highest BCUT2D eigenvalue weighted by Crippen LogP contribution is 2.29. The van der Waals surface area contributed by atoms with Crippen molar-refractivity contribution >= 4 is 34.6 Å². The molecule has 2 aromatic rings. The van der Waals surface area contributed by atoms with Gasteiger partial charge < -0.3 is 15.4 Å². The molecule has 0 saturated carbocycles. The number of rotatable bonds is 6. The standard InChI is InChI=1S/C15H13ClFN3O4/c1-24-14-5-3-10(20(22)23)7-13(14)19-15(21)8-18-12-4-2-9(17)6-11(12)16/h2-7,18H,8H2,1H3,(H,19,21). The summed E-state index contributed by atoms with van der Waals surface area (Å²) in [5.74, 6) is -0.681. The third-order valence-electron chi connectivity index (χ3n) is 3.04. The van der Waals surface area contributed by atoms with E-state index in [1.807, 2.05) is 0 Å². The number of carbonyl (C=O) groups excluding carboxylic acids is 1. The first-order valence-electron chi connectivity index (χ1n) is 6.72. The van der Waals surface area contributed by atoms with Crippen LogP contribution in [0.25, 0.3) is 0 Å². The molecule has 0 saturated heterocycles. The van der Waals surface area contributed by atoms with Crippen LogP contribution in [0.4, 0.5) is 21.5 Å². The van der Waals surface area contributed by atoms with E-state index in [1.165, 1.54) is 37.4 Å². The van der Waals surface area contributed by atoms with Gasteiger partial charge in [-0.1, -0.05) is 11.6 Å². The third kappa shape index (κ3) is 4.32. The Morgan fingerprint density at radius 3 is 2.67 bits per heavy atom. The van der Waals surface area contributed by atoms with Crippen molar-refractivity contribution in [3.8, 4) is 5.75 Å². The minimum absolute atomic E-state index is 0.135. The molecule has 1 amide bonds. The zero-order valence-corrected chi connectivity index (χ0v) is 13.3. The minimum atomic E-state index is -0.578. The van der Waals surface area contributed by atoms with E-state index in [9.17, 15) is 19.3 Å². The summed E-state index contributed by atoms with van der Waals surface area (Å²) in [5.41, 5.74) is 0.378. The van der Waals surface area contributed by atoms with Gasteiger partial charge in [0.15, 0.2) is 0 Å². The number of hydrogen-bond donors (Lipinski definition) is 2. The molecule has 0 aromatic heterocycles. The van der Waals surface area contributed by atoms with Crippen molar-refractivity contribution in [2.75, 3.05) is 24.3 Å². The lowest BCUT2D eigenvalue weighted by Crippen LogP contribution is -2.22. The maximum absolute atomic E-state index is 13.0. The van der Waals surface area contributed by atoms with Crippen LogP contribution in [0.15, 0.2) is 36.4 Å². The number of amides is 1. The molecule has 0 aliphatic carbocycles. The van der Waals surface area contributed by atoms with Crippen LogP contribution < -0.4 is 15.4 Å². The van der Waals surface area contributed by atoms with E-state index >= 15 is 0 Å². The lowest BCUT2D eigenvalue weighted by Gasteiger charge is -2.11. The second-order valence-electron chi connectivity index (χ2n) is 4.67. The van der Waals surface area contributed by atoms with Crippen molar-refractivity contribution in [1.29, 1.82) is 0 Å². The van der Waals surface area contributed by atoms with Crippen LogP contribution in [0, 0.1) is 15.9 Å². The second kappa shape index (κ2) is 7.60. The third-order valence-corrected chi connectivity index (χ3v) is 3.35. The van der Waals surface area contributed by atoms with Crippen molar-refractivity contribution in [2.24, 2.45) is 0 Å². The van der Waals surface area contributed by atoms with Crippen LogP contribution >= 0.6 is 11.6 Å². The van der Waals surface area contributed by atoms with Crippen LogP contribution in [0.1, 0.15) is 0 Å². The molecule has 0 fully saturated rings. The van der Waals surface area contributed by atoms with Crippen LogP contribution in [0.5, 0.6) is 5.75 Å². The molecule has 24 heavy (non-hydrogen) atoms. The van der Waals surface area contributed by atoms with E-state index in [1.54, 1.807) is 0 Å². The summed E-state index contributed by atoms with van der Waals surface area (Å²) >= 11 is 5.85. The number of nitrogens with zero attached hydrogens (tertiary/aromatic N) is 1. The summed E-state index contributed by atoms with van der Waals surface area (Å²) in [5, 5.41) is 16.2. The van der Waals surface area contributed by atoms with E-state index in [0.717, 1.165) is 6.07 Å². The molecule has 0 aliphatic heterocycles. The molecule has 0 spiro atoms. The predicted molar refractivity (Wildman–Crippen MR) is 88.2 cm³/mol. The topological polar surface area (TPSA) is 93.5 Å². The van der Waals surface area contributed by atoms with Gasteiger partial charge in [-0.3, -0.25) is 14.9 Å². The first kappa shape index (κ1) is 17.5. The number of methoxy groups -OCH3 is 1. The fourth-order valence-corrected chi connectivity index (χ4v) is 2.14. The quantitative estimate of drug-likeness (QED) is 0.613. The maximum Gasteiger partial charge on any atom is 0.271 e. The Kier molecular flexibility index (Phi) is 5.54. The van der Waals surface area contributed by atoms with Crippen LogP contribution in [-0.4, -0.2) is 24.5 Å². The number of anilines is 2. The molecule has 0 atom stereocenters. The van der Waals surface area contributed by atoms with Crippen molar-refractivity contribution < 1.29 is 18.8 Å². The molecule has 9 heteroatoms. The Balaban J connectivity index is 2.06. The molecule has 7 nitrogen and oxygen atoms in total. The first-order chi connectivity index (χ1) is 11.4. The number of nitrogens with one attached hydrogen (secondary N) is 2. The van der Waals surface area contributed by atoms with Gasteiger partial charge in [0.2, 0.25) is 5.91 Å². The highest BCUT2D eigenvalue weighted by atomic mass is 35.5. The fourth-order valence-electron chi connectivity index (χ4n) is 1.91. The van der Waals surface area contributed by atoms with Gasteiger partial charge in [-0.05, 0) is 24.3 Å². The predicted octanol–water partition coefficient (Wildman–Crippen LogP) is 3.45. The lowest BCUT2D eigenvalue weighted by molar-refractivity contribution is -0.384. The maximum atomic E-state index is 13.0. The van der Waals surface area contributed by atoms with Crippen molar-refractivity contribution in [3.63, 3.8) is 0 Å². The van der Waals surface area contributed by atoms with Crippen LogP contribution in [0.2, 0.25) is 5.02 Å². The smallest absolute Gasteiger partial charge is 0.271 e. The Bertz CT molecular complexity index is 785. The Hall–Kier alpha value is -2.87. The van der Waals surface area contributed by atoms with Crippen LogP contribution in [0.3, 0.4) is 0 Å². The average Bonchev–Trinajstić information content (AvgIpc) is 2.53. The number of hydrogen-bond acceptors (Lipinski definition) is 5. The Morgan fingerprint density at radius 1 is 1.29 bits per heavy atom. The number of non-ortho nitro benzene ring substituents is 1. The van der Waals surface area contributed by atoms with Gasteiger partial charge in [-0.25, -0.2) is 4.39 Å². The van der Waals surface area contributed by atoms with E-state index in [2.05, 4.69) is 10.6 Å². The minimum Gasteiger partial charge on any atom is -0.495 e. The molecule has 0 bridgehead atoms. The van der Waals surface area contributed by atoms with Gasteiger partial charge >= 0.3 is 0 Å². The number of carbonyl (C=O) groups is 1. The molecule has 0 aliphatic rings. The first-order valence-corrected chi connectivity index (χ1v) is 7.09. The molecular formula is C15H13ClFN3O4. The second-order valence-corrected chi connectivity index (χ2v) is 5.07. The van der Waals surface area contributed by atoms with Gasteiger partial charge in [0.25, 0.3) is 5.69 Å². The summed E-state index contributed by atoms with van der Waals surface area (Å²) in [4.78, 5) is 22.2. The summed E-state index contributed by atoms with van der Waals surface area (Å²) in [6.45, 7) is -0.169. The number of benzene rings is 2. The van der Waals surface area contributed by atoms with E-state index in [-0.39, 0.29) is 28.7 Å². The normalized spacial score (nSPS) is 10.1. The Morgan fingerprint density at radius 2 is 2.04 bits per heavy atom. The van der Waals surface area contributed by atoms with E-state index in [0.29, 0.717) is 5.69 Å². The average molecular weight is 354 g/mol. The summed E-state index contributed by atoms with van der Waals surface area (Å²) in [6, 6.07) is 7.57. The van der Waals surface area contributed by atoms with Crippen molar-refractivity contribution in [1.82, 2.24) is 0 Å². The molecule has 0 radical (unpaired) electrons. The zero-order valence-electron chi connectivity index (χ0n) is 12.5. The summed E-state index contributed by atoms with van der Waals surface area (Å²) in [6.07, 6.45) is 0. The largest absolute Gasteiger partial charge is 0.495 e. The lowest BCUT2D eigenvalue weighted by atomic mass is 10.2. The molecule has 0 heterocycles. The molecule has 0 unspecified atom stereocenters. The van der Waals surface area contributed by atoms with Gasteiger partial charge in [0, 0.05) is 12.1 Å². The van der Waals surface area contributed by atoms with E-state index in [4.69, 9.17) is 16.3 Å². The van der Waals surface area contributed by atoms with Crippen molar-refractivity contribution in [2.45, 2.75) is 0 Å². The molecule has 2 aromatic carbocycles. The fraction of sp³-hybridized carbons (Fsp3) is 0.133. The molecule has 126 valence electrons. The van der Waals surface area contributed by atoms with E-state index < -0.39 is 16.6 Å². The zero-order chi connectivity index (χ0) is 17.7. The van der Waals surface area contributed by atoms with Gasteiger partial charge in [0.1, 0.15) is 11.6 Å².